The molecule has 0 N–H and O–H groups in total. The van der Waals surface area contributed by atoms with Gasteiger partial charge in [0.15, 0.2) is 5.13 Å². The molecule has 158 valence electrons. The van der Waals surface area contributed by atoms with Gasteiger partial charge in [0.1, 0.15) is 11.3 Å². The first-order chi connectivity index (χ1) is 14.7. The molecule has 0 atom stereocenters. The van der Waals surface area contributed by atoms with E-state index in [2.05, 4.69) is 20.8 Å². The van der Waals surface area contributed by atoms with Crippen molar-refractivity contribution >= 4 is 48.5 Å². The maximum atomic E-state index is 13.5. The van der Waals surface area contributed by atoms with E-state index < -0.39 is 0 Å². The van der Waals surface area contributed by atoms with Crippen molar-refractivity contribution in [1.29, 1.82) is 0 Å². The number of hydrogen-bond acceptors (Lipinski definition) is 6. The molecule has 0 spiro atoms. The summed E-state index contributed by atoms with van der Waals surface area (Å²) < 4.78 is 13.1. The van der Waals surface area contributed by atoms with Crippen LogP contribution in [-0.4, -0.2) is 61.8 Å². The SMILES string of the molecule is CCOc1cccc2sc(N(CCN3CCOCC3)C(=O)c3cccc(Br)c3)nc12. The van der Waals surface area contributed by atoms with Gasteiger partial charge in [0.25, 0.3) is 5.91 Å². The number of aromatic nitrogens is 1. The van der Waals surface area contributed by atoms with E-state index >= 15 is 0 Å². The number of fused-ring (bicyclic) bond motifs is 1. The second-order valence-electron chi connectivity index (χ2n) is 6.95. The number of morpholine rings is 1. The fourth-order valence-corrected chi connectivity index (χ4v) is 4.83. The number of rotatable bonds is 7. The molecule has 1 aliphatic rings. The molecule has 30 heavy (non-hydrogen) atoms. The zero-order valence-corrected chi connectivity index (χ0v) is 19.2. The van der Waals surface area contributed by atoms with Crippen molar-refractivity contribution in [3.05, 3.63) is 52.5 Å². The van der Waals surface area contributed by atoms with Crippen LogP contribution in [0.4, 0.5) is 5.13 Å². The van der Waals surface area contributed by atoms with E-state index in [0.717, 1.165) is 53.3 Å². The van der Waals surface area contributed by atoms with Gasteiger partial charge in [0, 0.05) is 36.2 Å². The lowest BCUT2D eigenvalue weighted by molar-refractivity contribution is 0.0391. The van der Waals surface area contributed by atoms with E-state index in [1.54, 1.807) is 4.90 Å². The normalized spacial score (nSPS) is 14.7. The Labute approximate surface area is 188 Å². The number of halogens is 1. The van der Waals surface area contributed by atoms with Crippen molar-refractivity contribution in [1.82, 2.24) is 9.88 Å². The van der Waals surface area contributed by atoms with Gasteiger partial charge in [-0.25, -0.2) is 4.98 Å². The summed E-state index contributed by atoms with van der Waals surface area (Å²) >= 11 is 4.99. The van der Waals surface area contributed by atoms with E-state index in [-0.39, 0.29) is 5.91 Å². The van der Waals surface area contributed by atoms with Crippen LogP contribution < -0.4 is 9.64 Å². The van der Waals surface area contributed by atoms with Crippen LogP contribution in [0.1, 0.15) is 17.3 Å². The van der Waals surface area contributed by atoms with Gasteiger partial charge in [0.05, 0.1) is 24.5 Å². The maximum Gasteiger partial charge on any atom is 0.260 e. The summed E-state index contributed by atoms with van der Waals surface area (Å²) in [4.78, 5) is 22.4. The zero-order valence-electron chi connectivity index (χ0n) is 16.8. The first-order valence-corrected chi connectivity index (χ1v) is 11.7. The van der Waals surface area contributed by atoms with Crippen molar-refractivity contribution in [2.75, 3.05) is 50.9 Å². The molecule has 3 aromatic rings. The minimum atomic E-state index is -0.0541. The molecule has 8 heteroatoms. The molecular weight excluding hydrogens is 466 g/mol. The van der Waals surface area contributed by atoms with Gasteiger partial charge in [-0.2, -0.15) is 0 Å². The number of thiazole rings is 1. The molecule has 1 aromatic heterocycles. The number of carbonyl (C=O) groups is 1. The van der Waals surface area contributed by atoms with E-state index in [9.17, 15) is 4.79 Å². The van der Waals surface area contributed by atoms with Crippen LogP contribution in [-0.2, 0) is 4.74 Å². The molecule has 2 aromatic carbocycles. The number of para-hydroxylation sites is 1. The summed E-state index contributed by atoms with van der Waals surface area (Å²) in [6.07, 6.45) is 0. The predicted octanol–water partition coefficient (Wildman–Crippen LogP) is 4.44. The van der Waals surface area contributed by atoms with E-state index in [1.807, 2.05) is 49.4 Å². The highest BCUT2D eigenvalue weighted by molar-refractivity contribution is 9.10. The zero-order chi connectivity index (χ0) is 20.9. The number of benzene rings is 2. The summed E-state index contributed by atoms with van der Waals surface area (Å²) in [5.41, 5.74) is 1.44. The molecule has 0 radical (unpaired) electrons. The summed E-state index contributed by atoms with van der Waals surface area (Å²) in [5, 5.41) is 0.690. The Bertz CT molecular complexity index is 1020. The summed E-state index contributed by atoms with van der Waals surface area (Å²) in [6, 6.07) is 13.4. The third kappa shape index (κ3) is 4.83. The largest absolute Gasteiger partial charge is 0.492 e. The van der Waals surface area contributed by atoms with Gasteiger partial charge < -0.3 is 9.47 Å². The third-order valence-corrected chi connectivity index (χ3v) is 6.50. The van der Waals surface area contributed by atoms with Crippen LogP contribution in [0.3, 0.4) is 0 Å². The molecule has 1 aliphatic heterocycles. The minimum Gasteiger partial charge on any atom is -0.492 e. The molecular formula is C22H24BrN3O3S. The Kier molecular flexibility index (Phi) is 6.99. The lowest BCUT2D eigenvalue weighted by Crippen LogP contribution is -2.43. The van der Waals surface area contributed by atoms with Gasteiger partial charge in [-0.05, 0) is 37.3 Å². The van der Waals surface area contributed by atoms with Gasteiger partial charge >= 0.3 is 0 Å². The predicted molar refractivity (Wildman–Crippen MR) is 124 cm³/mol. The minimum absolute atomic E-state index is 0.0541. The molecule has 4 rings (SSSR count). The van der Waals surface area contributed by atoms with Crippen LogP contribution in [0.15, 0.2) is 46.9 Å². The standard InChI is InChI=1S/C22H24BrN3O3S/c1-2-29-18-7-4-8-19-20(18)24-22(30-19)26(10-9-25-11-13-28-14-12-25)21(27)16-5-3-6-17(23)15-16/h3-8,15H,2,9-14H2,1H3. The number of nitrogens with zero attached hydrogens (tertiary/aromatic N) is 3. The Morgan fingerprint density at radius 3 is 2.83 bits per heavy atom. The number of amides is 1. The van der Waals surface area contributed by atoms with Crippen molar-refractivity contribution in [3.8, 4) is 5.75 Å². The molecule has 1 fully saturated rings. The Morgan fingerprint density at radius 2 is 2.07 bits per heavy atom. The number of ether oxygens (including phenoxy) is 2. The fourth-order valence-electron chi connectivity index (χ4n) is 3.43. The van der Waals surface area contributed by atoms with Crippen molar-refractivity contribution < 1.29 is 14.3 Å². The van der Waals surface area contributed by atoms with E-state index in [1.165, 1.54) is 11.3 Å². The van der Waals surface area contributed by atoms with Gasteiger partial charge in [-0.1, -0.05) is 39.4 Å². The third-order valence-electron chi connectivity index (χ3n) is 4.96. The maximum absolute atomic E-state index is 13.5. The highest BCUT2D eigenvalue weighted by atomic mass is 79.9. The number of carbonyl (C=O) groups excluding carboxylic acids is 1. The highest BCUT2D eigenvalue weighted by Crippen LogP contribution is 2.35. The lowest BCUT2D eigenvalue weighted by Gasteiger charge is -2.29. The van der Waals surface area contributed by atoms with Crippen LogP contribution in [0.5, 0.6) is 5.75 Å². The number of hydrogen-bond donors (Lipinski definition) is 0. The highest BCUT2D eigenvalue weighted by Gasteiger charge is 2.23. The molecule has 0 bridgehead atoms. The van der Waals surface area contributed by atoms with Crippen LogP contribution in [0.2, 0.25) is 0 Å². The Morgan fingerprint density at radius 1 is 1.27 bits per heavy atom. The number of anilines is 1. The van der Waals surface area contributed by atoms with Gasteiger partial charge in [-0.15, -0.1) is 0 Å². The van der Waals surface area contributed by atoms with Gasteiger partial charge in [0.2, 0.25) is 0 Å². The Hall–Kier alpha value is -2.00. The summed E-state index contributed by atoms with van der Waals surface area (Å²) in [5.74, 6) is 0.696. The van der Waals surface area contributed by atoms with Crippen LogP contribution >= 0.6 is 27.3 Å². The smallest absolute Gasteiger partial charge is 0.260 e. The first kappa shape index (κ1) is 21.2. The van der Waals surface area contributed by atoms with Crippen LogP contribution in [0.25, 0.3) is 10.2 Å². The van der Waals surface area contributed by atoms with Crippen molar-refractivity contribution in [2.45, 2.75) is 6.92 Å². The van der Waals surface area contributed by atoms with Crippen molar-refractivity contribution in [2.24, 2.45) is 0 Å². The van der Waals surface area contributed by atoms with E-state index in [0.29, 0.717) is 23.8 Å². The molecule has 1 amide bonds. The molecule has 0 saturated carbocycles. The average Bonchev–Trinajstić information content (AvgIpc) is 3.20. The first-order valence-electron chi connectivity index (χ1n) is 10.1. The average molecular weight is 490 g/mol. The monoisotopic (exact) mass is 489 g/mol. The molecule has 2 heterocycles. The molecule has 0 aliphatic carbocycles. The molecule has 6 nitrogen and oxygen atoms in total. The van der Waals surface area contributed by atoms with Crippen molar-refractivity contribution in [3.63, 3.8) is 0 Å². The van der Waals surface area contributed by atoms with Gasteiger partial charge in [-0.3, -0.25) is 14.6 Å². The summed E-state index contributed by atoms with van der Waals surface area (Å²) in [6.45, 7) is 7.10. The quantitative estimate of drug-likeness (QED) is 0.491. The second kappa shape index (κ2) is 9.87. The topological polar surface area (TPSA) is 54.9 Å². The second-order valence-corrected chi connectivity index (χ2v) is 8.88. The summed E-state index contributed by atoms with van der Waals surface area (Å²) in [7, 11) is 0. The Balaban J connectivity index is 1.66. The van der Waals surface area contributed by atoms with Crippen LogP contribution in [0, 0.1) is 0 Å². The molecule has 0 unspecified atom stereocenters. The van der Waals surface area contributed by atoms with E-state index in [4.69, 9.17) is 14.5 Å². The molecule has 1 saturated heterocycles. The lowest BCUT2D eigenvalue weighted by atomic mass is 10.2. The fraction of sp³-hybridized carbons (Fsp3) is 0.364.